The molecule has 0 unspecified atom stereocenters. The highest BCUT2D eigenvalue weighted by Gasteiger charge is 2.82. The zero-order chi connectivity index (χ0) is 87.7. The molecule has 12 aromatic rings. The Morgan fingerprint density at radius 1 is 0.376 bits per heavy atom. The van der Waals surface area contributed by atoms with Gasteiger partial charge in [-0.2, -0.15) is 8.42 Å². The molecule has 1 saturated heterocycles. The maximum absolute atomic E-state index is 12.4. The highest BCUT2D eigenvalue weighted by Crippen LogP contribution is 2.74. The van der Waals surface area contributed by atoms with Crippen molar-refractivity contribution in [2.24, 2.45) is 23.7 Å². The Hall–Kier alpha value is -7.85. The van der Waals surface area contributed by atoms with Crippen LogP contribution in [0, 0.1) is 23.7 Å². The summed E-state index contributed by atoms with van der Waals surface area (Å²) in [5, 5.41) is 85.7. The molecular formula is C95H80Br4Cl4N4O17S. The Kier molecular flexibility index (Phi) is 23.6. The van der Waals surface area contributed by atoms with Crippen LogP contribution in [0.15, 0.2) is 285 Å². The van der Waals surface area contributed by atoms with E-state index in [9.17, 15) is 44.2 Å². The van der Waals surface area contributed by atoms with E-state index in [-0.39, 0.29) is 54.5 Å². The van der Waals surface area contributed by atoms with Crippen molar-refractivity contribution in [3.8, 4) is 23.0 Å². The Morgan fingerprint density at radius 2 is 0.624 bits per heavy atom. The zero-order valence-electron chi connectivity index (χ0n) is 66.6. The molecule has 644 valence electrons. The molecule has 20 atom stereocenters. The molecule has 30 heteroatoms. The number of aliphatic hydroxyl groups is 7. The van der Waals surface area contributed by atoms with Crippen molar-refractivity contribution >= 4 is 120 Å². The molecule has 4 aliphatic carbocycles. The zero-order valence-corrected chi connectivity index (χ0v) is 76.8. The van der Waals surface area contributed by atoms with Gasteiger partial charge in [0.15, 0.2) is 44.8 Å². The van der Waals surface area contributed by atoms with Crippen molar-refractivity contribution in [2.75, 3.05) is 46.9 Å². The molecule has 5 aliphatic heterocycles. The van der Waals surface area contributed by atoms with Crippen LogP contribution in [-0.4, -0.2) is 135 Å². The Bertz CT molecular complexity index is 5980. The van der Waals surface area contributed by atoms with Crippen molar-refractivity contribution in [3.63, 3.8) is 0 Å². The molecule has 0 amide bonds. The molecule has 21 nitrogen and oxygen atoms in total. The summed E-state index contributed by atoms with van der Waals surface area (Å²) in [7, 11) is -0.634. The molecule has 0 radical (unpaired) electrons. The number of ether oxygens (including phenoxy) is 7. The second kappa shape index (κ2) is 33.6. The minimum absolute atomic E-state index is 0.0957. The summed E-state index contributed by atoms with van der Waals surface area (Å²) in [6.07, 6.45) is 2.58. The highest BCUT2D eigenvalue weighted by molar-refractivity contribution is 9.11. The van der Waals surface area contributed by atoms with E-state index in [4.69, 9.17) is 83.7 Å². The van der Waals surface area contributed by atoms with Gasteiger partial charge >= 0.3 is 0 Å². The van der Waals surface area contributed by atoms with Crippen LogP contribution in [0.25, 0.3) is 0 Å². The fourth-order valence-electron chi connectivity index (χ4n) is 21.5. The number of hydrogen-bond donors (Lipinski definition) is 7. The van der Waals surface area contributed by atoms with Gasteiger partial charge in [-0.1, -0.05) is 280 Å². The number of aromatic nitrogens is 4. The van der Waals surface area contributed by atoms with Gasteiger partial charge in [-0.05, 0) is 93.0 Å². The molecule has 21 rings (SSSR count). The van der Waals surface area contributed by atoms with Crippen molar-refractivity contribution in [2.45, 2.75) is 92.9 Å². The number of hydrogen-bond acceptors (Lipinski definition) is 21. The lowest BCUT2D eigenvalue weighted by molar-refractivity contribution is -0.208. The van der Waals surface area contributed by atoms with Gasteiger partial charge in [-0.25, -0.2) is 0 Å². The number of aliphatic hydroxyl groups excluding tert-OH is 3. The van der Waals surface area contributed by atoms with Gasteiger partial charge < -0.3 is 68.9 Å². The SMILES string of the molecule is COC[C@H]1[C@@H](O)[C@@]2(O)c3ncc(Cl)cc3O[C@@]2(c2ccc(Br)cc2)[C@@H]1c1ccccc1.COC[C@H]1[C@@H](O)[C@@]2(O)c3ncc(Cl)cc3O[C@@]2(c2ccc(Br)cc2)[C@@H]1c1ccccc1.CS(=O)(=O)OC[C@H]1[C@@H](O)[C@@]2(O)c3ncc(Cl)cc3O[C@@]2(c2ccc(Br)cc2)[C@@H]1c1ccccc1.O[C@]12c3ncc(Cl)cc3O[C@@]1(c1ccc(Br)cc1)[C@H](c1ccccc1)[C@H]1CO[C@H]12. The Balaban J connectivity index is 0.000000113. The smallest absolute Gasteiger partial charge is 0.264 e. The van der Waals surface area contributed by atoms with Crippen molar-refractivity contribution in [1.82, 2.24) is 19.9 Å². The fraction of sp³-hybridized carbons (Fsp3) is 0.284. The Labute approximate surface area is 774 Å². The van der Waals surface area contributed by atoms with Gasteiger partial charge in [0.25, 0.3) is 10.1 Å². The number of methoxy groups -OCH3 is 2. The molecule has 9 heterocycles. The number of benzene rings is 8. The topological polar surface area (TPSA) is 301 Å². The first-order chi connectivity index (χ1) is 60.0. The first kappa shape index (κ1) is 87.8. The van der Waals surface area contributed by atoms with Crippen LogP contribution >= 0.6 is 110 Å². The minimum Gasteiger partial charge on any atom is -0.476 e. The molecule has 9 aliphatic rings. The van der Waals surface area contributed by atoms with E-state index < -0.39 is 115 Å². The molecule has 0 spiro atoms. The van der Waals surface area contributed by atoms with Crippen molar-refractivity contribution in [1.29, 1.82) is 0 Å². The van der Waals surface area contributed by atoms with Gasteiger partial charge in [0.2, 0.25) is 0 Å². The van der Waals surface area contributed by atoms with Crippen molar-refractivity contribution in [3.05, 3.63) is 373 Å². The summed E-state index contributed by atoms with van der Waals surface area (Å²) in [4.78, 5) is 17.7. The van der Waals surface area contributed by atoms with Gasteiger partial charge in [-0.3, -0.25) is 24.1 Å². The van der Waals surface area contributed by atoms with E-state index in [1.165, 1.54) is 18.6 Å². The lowest BCUT2D eigenvalue weighted by atomic mass is 9.71. The summed E-state index contributed by atoms with van der Waals surface area (Å²) in [5.41, 5.74) is -4.41. The molecule has 5 fully saturated rings. The average molecular weight is 2040 g/mol. The van der Waals surface area contributed by atoms with E-state index in [0.717, 1.165) is 63.1 Å². The van der Waals surface area contributed by atoms with Crippen LogP contribution in [0.1, 0.15) is 91.0 Å². The van der Waals surface area contributed by atoms with E-state index in [1.807, 2.05) is 194 Å². The normalized spacial score (nSPS) is 31.5. The second-order valence-corrected chi connectivity index (χ2v) is 39.7. The van der Waals surface area contributed by atoms with Gasteiger partial charge in [0.1, 0.15) is 51.9 Å². The van der Waals surface area contributed by atoms with Crippen LogP contribution in [-0.2, 0) is 73.3 Å². The molecule has 0 bridgehead atoms. The lowest BCUT2D eigenvalue weighted by Gasteiger charge is -2.40. The molecule has 4 saturated carbocycles. The fourth-order valence-corrected chi connectivity index (χ4v) is 23.6. The third-order valence-electron chi connectivity index (χ3n) is 26.2. The van der Waals surface area contributed by atoms with E-state index in [2.05, 4.69) is 95.8 Å². The monoisotopic (exact) mass is 2040 g/mol. The van der Waals surface area contributed by atoms with E-state index in [1.54, 1.807) is 56.8 Å². The number of nitrogens with zero attached hydrogens (tertiary/aromatic N) is 4. The summed E-state index contributed by atoms with van der Waals surface area (Å²) < 4.78 is 75.9. The van der Waals surface area contributed by atoms with Crippen LogP contribution in [0.4, 0.5) is 0 Å². The van der Waals surface area contributed by atoms with Gasteiger partial charge in [0.05, 0.1) is 71.1 Å². The molecule has 125 heavy (non-hydrogen) atoms. The predicted molar refractivity (Wildman–Crippen MR) is 481 cm³/mol. The molecule has 7 N–H and O–H groups in total. The van der Waals surface area contributed by atoms with Crippen LogP contribution in [0.3, 0.4) is 0 Å². The highest BCUT2D eigenvalue weighted by atomic mass is 79.9. The first-order valence-electron chi connectivity index (χ1n) is 40.0. The molecule has 4 aromatic heterocycles. The number of fused-ring (bicyclic) bond motifs is 14. The maximum atomic E-state index is 12.4. The number of rotatable bonds is 15. The standard InChI is InChI=1S/C24H21BrClNO6S.2C24H21BrClNO4.C23H17BrClNO3/c1-34(30,31)32-13-18-20(14-5-3-2-4-6-14)24(15-7-9-16(25)10-8-15)23(29,22(18)28)21-19(33-24)11-17(26)12-27-21;2*1-30-13-18-20(14-5-3-2-4-6-14)24(15-7-9-16(25)10-8-15)23(29,22(18)28)21-19(31-24)11-17(26)12-27-21;24-15-8-6-14(7-9-15)23-19(13-4-2-1-3-5-13)17-12-28-21(17)22(23,27)20-18(29-23)10-16(25)11-26-20/h2-12,18,20,22,28-29H,13H2,1H3;2*2-12,18,20,22,28-29H,13H2,1H3;1-11,17,19,21,27H,12H2/t3*18-,20-,22-,23+,24+;17-,19-,21-,22+,23+/m1111/s1. The summed E-state index contributed by atoms with van der Waals surface area (Å²) in [6, 6.07) is 76.0. The minimum atomic E-state index is -3.81. The third-order valence-corrected chi connectivity index (χ3v) is 29.7. The predicted octanol–water partition coefficient (Wildman–Crippen LogP) is 17.3. The Morgan fingerprint density at radius 3 is 0.872 bits per heavy atom. The third kappa shape index (κ3) is 13.6. The average Bonchev–Trinajstić information content (AvgIpc) is 1.53. The number of halogens is 8. The van der Waals surface area contributed by atoms with Crippen molar-refractivity contribution < 1.29 is 81.5 Å². The van der Waals surface area contributed by atoms with Crippen LogP contribution in [0.5, 0.6) is 23.0 Å². The van der Waals surface area contributed by atoms with E-state index in [0.29, 0.717) is 55.2 Å². The molecular weight excluding hydrogens is 1960 g/mol. The van der Waals surface area contributed by atoms with E-state index >= 15 is 0 Å². The maximum Gasteiger partial charge on any atom is 0.264 e. The largest absolute Gasteiger partial charge is 0.476 e. The number of pyridine rings is 4. The summed E-state index contributed by atoms with van der Waals surface area (Å²) in [5.74, 6) is -1.73. The lowest BCUT2D eigenvalue weighted by Crippen LogP contribution is -2.54. The van der Waals surface area contributed by atoms with Gasteiger partial charge in [-0.15, -0.1) is 0 Å². The summed E-state index contributed by atoms with van der Waals surface area (Å²) in [6.45, 7) is 0.713. The quantitative estimate of drug-likeness (QED) is 0.0469. The van der Waals surface area contributed by atoms with Crippen LogP contribution in [0.2, 0.25) is 20.1 Å². The van der Waals surface area contributed by atoms with Gasteiger partial charge in [0, 0.05) is 129 Å². The van der Waals surface area contributed by atoms with Crippen LogP contribution < -0.4 is 18.9 Å². The first-order valence-corrected chi connectivity index (χ1v) is 46.5. The summed E-state index contributed by atoms with van der Waals surface area (Å²) >= 11 is 38.7. The second-order valence-electron chi connectivity index (χ2n) is 32.6. The molecule has 8 aromatic carbocycles.